The molecule has 0 fully saturated rings. The molecule has 1 heterocycles. The van der Waals surface area contributed by atoms with Gasteiger partial charge in [-0.1, -0.05) is 18.7 Å². The van der Waals surface area contributed by atoms with Crippen molar-refractivity contribution in [2.45, 2.75) is 31.5 Å². The van der Waals surface area contributed by atoms with Gasteiger partial charge in [0.05, 0.1) is 16.8 Å². The largest absolute Gasteiger partial charge is 0.353 e. The predicted octanol–water partition coefficient (Wildman–Crippen LogP) is 2.85. The Kier molecular flexibility index (Phi) is 4.59. The van der Waals surface area contributed by atoms with Crippen LogP contribution in [0.4, 0.5) is 8.78 Å². The molecule has 4 nitrogen and oxygen atoms in total. The molecule has 108 valence electrons. The average molecular weight is 299 g/mol. The van der Waals surface area contributed by atoms with Crippen molar-refractivity contribution in [2.24, 2.45) is 0 Å². The van der Waals surface area contributed by atoms with Crippen LogP contribution in [0.15, 0.2) is 17.3 Å². The standard InChI is InChI=1S/C13H15F2N3OS/c1-3-7(2)16-12(19)6-20-13-17-10-4-8(14)9(15)5-11(10)18-13/h4-5,7H,3,6H2,1-2H3,(H,16,19)(H,17,18)/t7-/m1/s1. The van der Waals surface area contributed by atoms with Crippen LogP contribution in [0.2, 0.25) is 0 Å². The molecule has 1 atom stereocenters. The van der Waals surface area contributed by atoms with Crippen molar-refractivity contribution in [2.75, 3.05) is 5.75 Å². The Balaban J connectivity index is 2.02. The number of nitrogens with one attached hydrogen (secondary N) is 2. The number of hydrogen-bond acceptors (Lipinski definition) is 3. The molecule has 2 rings (SSSR count). The van der Waals surface area contributed by atoms with Crippen LogP contribution in [0.25, 0.3) is 11.0 Å². The van der Waals surface area contributed by atoms with Crippen molar-refractivity contribution in [3.05, 3.63) is 23.8 Å². The number of aromatic nitrogens is 2. The predicted molar refractivity (Wildman–Crippen MR) is 74.6 cm³/mol. The molecule has 1 amide bonds. The Morgan fingerprint density at radius 1 is 1.45 bits per heavy atom. The van der Waals surface area contributed by atoms with E-state index in [-0.39, 0.29) is 17.7 Å². The molecule has 1 aromatic heterocycles. The molecule has 2 N–H and O–H groups in total. The minimum atomic E-state index is -0.935. The summed E-state index contributed by atoms with van der Waals surface area (Å²) in [5, 5.41) is 3.29. The van der Waals surface area contributed by atoms with Crippen LogP contribution in [0.3, 0.4) is 0 Å². The lowest BCUT2D eigenvalue weighted by Gasteiger charge is -2.10. The number of imidazole rings is 1. The van der Waals surface area contributed by atoms with Gasteiger partial charge in [-0.25, -0.2) is 13.8 Å². The molecule has 0 aliphatic heterocycles. The molecule has 0 spiro atoms. The van der Waals surface area contributed by atoms with Gasteiger partial charge in [0.2, 0.25) is 5.91 Å². The first-order valence-corrected chi connectivity index (χ1v) is 7.25. The zero-order valence-electron chi connectivity index (χ0n) is 11.2. The first-order valence-electron chi connectivity index (χ1n) is 6.26. The molecular formula is C13H15F2N3OS. The highest BCUT2D eigenvalue weighted by atomic mass is 32.2. The van der Waals surface area contributed by atoms with Gasteiger partial charge < -0.3 is 10.3 Å². The smallest absolute Gasteiger partial charge is 0.230 e. The van der Waals surface area contributed by atoms with Crippen molar-refractivity contribution in [3.8, 4) is 0 Å². The fourth-order valence-electron chi connectivity index (χ4n) is 1.60. The minimum absolute atomic E-state index is 0.0952. The summed E-state index contributed by atoms with van der Waals surface area (Å²) in [6, 6.07) is 2.22. The van der Waals surface area contributed by atoms with Crippen LogP contribution in [0.1, 0.15) is 20.3 Å². The van der Waals surface area contributed by atoms with Gasteiger partial charge in [-0.2, -0.15) is 0 Å². The Labute approximate surface area is 119 Å². The molecule has 20 heavy (non-hydrogen) atoms. The van der Waals surface area contributed by atoms with Gasteiger partial charge in [-0.15, -0.1) is 0 Å². The van der Waals surface area contributed by atoms with E-state index in [2.05, 4.69) is 15.3 Å². The maximum absolute atomic E-state index is 13.1. The fourth-order valence-corrected chi connectivity index (χ4v) is 2.30. The second kappa shape index (κ2) is 6.21. The molecule has 7 heteroatoms. The molecule has 1 aromatic carbocycles. The van der Waals surface area contributed by atoms with Crippen LogP contribution in [0, 0.1) is 11.6 Å². The van der Waals surface area contributed by atoms with Gasteiger partial charge in [-0.3, -0.25) is 4.79 Å². The normalized spacial score (nSPS) is 12.6. The SMILES string of the molecule is CC[C@@H](C)NC(=O)CSc1nc2cc(F)c(F)cc2[nH]1. The highest BCUT2D eigenvalue weighted by molar-refractivity contribution is 7.99. The molecule has 0 aliphatic rings. The number of amides is 1. The van der Waals surface area contributed by atoms with Gasteiger partial charge in [-0.05, 0) is 13.3 Å². The number of benzene rings is 1. The Morgan fingerprint density at radius 3 is 2.85 bits per heavy atom. The highest BCUT2D eigenvalue weighted by Gasteiger charge is 2.11. The maximum Gasteiger partial charge on any atom is 0.230 e. The van der Waals surface area contributed by atoms with E-state index in [0.29, 0.717) is 16.2 Å². The van der Waals surface area contributed by atoms with E-state index >= 15 is 0 Å². The van der Waals surface area contributed by atoms with Crippen molar-refractivity contribution in [1.29, 1.82) is 0 Å². The summed E-state index contributed by atoms with van der Waals surface area (Å²) < 4.78 is 26.1. The monoisotopic (exact) mass is 299 g/mol. The molecular weight excluding hydrogens is 284 g/mol. The molecule has 0 bridgehead atoms. The molecule has 2 aromatic rings. The van der Waals surface area contributed by atoms with Crippen LogP contribution < -0.4 is 5.32 Å². The lowest BCUT2D eigenvalue weighted by atomic mass is 10.3. The molecule has 0 aliphatic carbocycles. The number of rotatable bonds is 5. The third-order valence-corrected chi connectivity index (χ3v) is 3.74. The average Bonchev–Trinajstić information content (AvgIpc) is 2.78. The number of thioether (sulfide) groups is 1. The summed E-state index contributed by atoms with van der Waals surface area (Å²) in [6.45, 7) is 3.91. The van der Waals surface area contributed by atoms with Gasteiger partial charge >= 0.3 is 0 Å². The van der Waals surface area contributed by atoms with Gasteiger partial charge in [0, 0.05) is 18.2 Å². The van der Waals surface area contributed by atoms with Crippen molar-refractivity contribution < 1.29 is 13.6 Å². The fraction of sp³-hybridized carbons (Fsp3) is 0.385. The molecule has 0 radical (unpaired) electrons. The van der Waals surface area contributed by atoms with E-state index < -0.39 is 11.6 Å². The third kappa shape index (κ3) is 3.47. The Hall–Kier alpha value is -1.63. The summed E-state index contributed by atoms with van der Waals surface area (Å²) in [5.74, 6) is -1.75. The summed E-state index contributed by atoms with van der Waals surface area (Å²) in [7, 11) is 0. The number of aromatic amines is 1. The number of hydrogen-bond donors (Lipinski definition) is 2. The number of H-pyrrole nitrogens is 1. The van der Waals surface area contributed by atoms with E-state index in [4.69, 9.17) is 0 Å². The topological polar surface area (TPSA) is 57.8 Å². The quantitative estimate of drug-likeness (QED) is 0.835. The summed E-state index contributed by atoms with van der Waals surface area (Å²) in [5.41, 5.74) is 0.752. The van der Waals surface area contributed by atoms with Crippen molar-refractivity contribution in [1.82, 2.24) is 15.3 Å². The van der Waals surface area contributed by atoms with Gasteiger partial charge in [0.25, 0.3) is 0 Å². The maximum atomic E-state index is 13.1. The van der Waals surface area contributed by atoms with E-state index in [9.17, 15) is 13.6 Å². The van der Waals surface area contributed by atoms with Crippen LogP contribution in [-0.2, 0) is 4.79 Å². The van der Waals surface area contributed by atoms with E-state index in [1.165, 1.54) is 11.8 Å². The first kappa shape index (κ1) is 14.8. The zero-order valence-corrected chi connectivity index (χ0v) is 12.0. The lowest BCUT2D eigenvalue weighted by Crippen LogP contribution is -2.33. The second-order valence-corrected chi connectivity index (χ2v) is 5.45. The minimum Gasteiger partial charge on any atom is -0.353 e. The summed E-state index contributed by atoms with van der Waals surface area (Å²) >= 11 is 1.19. The van der Waals surface area contributed by atoms with Crippen molar-refractivity contribution >= 4 is 28.7 Å². The number of nitrogens with zero attached hydrogens (tertiary/aromatic N) is 1. The van der Waals surface area contributed by atoms with E-state index in [1.807, 2.05) is 13.8 Å². The molecule has 0 saturated heterocycles. The molecule has 0 unspecified atom stereocenters. The van der Waals surface area contributed by atoms with Crippen LogP contribution in [-0.4, -0.2) is 27.7 Å². The first-order chi connectivity index (χ1) is 9.49. The zero-order chi connectivity index (χ0) is 14.7. The number of halogens is 2. The van der Waals surface area contributed by atoms with Gasteiger partial charge in [0.15, 0.2) is 16.8 Å². The Morgan fingerprint density at radius 2 is 2.15 bits per heavy atom. The number of carbonyl (C=O) groups excluding carboxylic acids is 1. The Bertz CT molecular complexity index is 590. The van der Waals surface area contributed by atoms with Crippen LogP contribution >= 0.6 is 11.8 Å². The second-order valence-electron chi connectivity index (χ2n) is 4.49. The summed E-state index contributed by atoms with van der Waals surface area (Å²) in [4.78, 5) is 18.6. The number of fused-ring (bicyclic) bond motifs is 1. The summed E-state index contributed by atoms with van der Waals surface area (Å²) in [6.07, 6.45) is 0.861. The highest BCUT2D eigenvalue weighted by Crippen LogP contribution is 2.21. The van der Waals surface area contributed by atoms with Crippen LogP contribution in [0.5, 0.6) is 0 Å². The third-order valence-electron chi connectivity index (χ3n) is 2.86. The molecule has 0 saturated carbocycles. The van der Waals surface area contributed by atoms with Gasteiger partial charge in [0.1, 0.15) is 0 Å². The van der Waals surface area contributed by atoms with E-state index in [1.54, 1.807) is 0 Å². The van der Waals surface area contributed by atoms with E-state index in [0.717, 1.165) is 18.6 Å². The lowest BCUT2D eigenvalue weighted by molar-refractivity contribution is -0.119. The van der Waals surface area contributed by atoms with Crippen molar-refractivity contribution in [3.63, 3.8) is 0 Å². The number of carbonyl (C=O) groups is 1.